The summed E-state index contributed by atoms with van der Waals surface area (Å²) in [6.45, 7) is 2.14. The molecule has 0 spiro atoms. The number of anilines is 1. The first-order valence-electron chi connectivity index (χ1n) is 12.8. The summed E-state index contributed by atoms with van der Waals surface area (Å²) in [6.07, 6.45) is 6.20. The molecule has 1 saturated carbocycles. The van der Waals surface area contributed by atoms with Crippen molar-refractivity contribution in [3.05, 3.63) is 52.5 Å². The highest BCUT2D eigenvalue weighted by molar-refractivity contribution is 9.10. The maximum atomic E-state index is 13.7. The molecule has 2 aromatic carbocycles. The minimum absolute atomic E-state index is 0.0913. The minimum atomic E-state index is -3.84. The predicted molar refractivity (Wildman–Crippen MR) is 149 cm³/mol. The van der Waals surface area contributed by atoms with Crippen LogP contribution in [0.15, 0.2) is 46.9 Å². The summed E-state index contributed by atoms with van der Waals surface area (Å²) in [5, 5.41) is 3.10. The molecule has 1 aliphatic carbocycles. The molecule has 0 radical (unpaired) electrons. The third-order valence-electron chi connectivity index (χ3n) is 6.88. The Morgan fingerprint density at radius 1 is 1.03 bits per heavy atom. The lowest BCUT2D eigenvalue weighted by molar-refractivity contribution is -0.139. The molecule has 0 bridgehead atoms. The largest absolute Gasteiger partial charge is 0.486 e. The van der Waals surface area contributed by atoms with E-state index in [1.165, 1.54) is 4.90 Å². The van der Waals surface area contributed by atoms with Crippen molar-refractivity contribution < 1.29 is 27.5 Å². The van der Waals surface area contributed by atoms with E-state index in [1.807, 2.05) is 24.3 Å². The van der Waals surface area contributed by atoms with Crippen LogP contribution >= 0.6 is 15.9 Å². The number of nitrogens with one attached hydrogen (secondary N) is 1. The average molecular weight is 609 g/mol. The molecule has 2 aliphatic rings. The molecule has 0 aromatic heterocycles. The number of hydrogen-bond donors (Lipinski definition) is 1. The summed E-state index contributed by atoms with van der Waals surface area (Å²) in [5.41, 5.74) is 1.11. The fourth-order valence-electron chi connectivity index (χ4n) is 4.74. The van der Waals surface area contributed by atoms with Crippen LogP contribution in [-0.2, 0) is 26.2 Å². The third kappa shape index (κ3) is 7.19. The van der Waals surface area contributed by atoms with E-state index in [9.17, 15) is 18.0 Å². The summed E-state index contributed by atoms with van der Waals surface area (Å²) < 4.78 is 38.7. The zero-order valence-electron chi connectivity index (χ0n) is 21.7. The van der Waals surface area contributed by atoms with Gasteiger partial charge in [-0.2, -0.15) is 0 Å². The number of carbonyl (C=O) groups excluding carboxylic acids is 2. The van der Waals surface area contributed by atoms with E-state index >= 15 is 0 Å². The van der Waals surface area contributed by atoms with Crippen LogP contribution in [0.1, 0.15) is 44.6 Å². The Morgan fingerprint density at radius 3 is 2.34 bits per heavy atom. The number of rotatable bonds is 9. The van der Waals surface area contributed by atoms with E-state index in [4.69, 9.17) is 9.47 Å². The standard InChI is InChI=1S/C27H34BrN3O6S/c1-19(27(33)29-22-6-4-3-5-7-22)30(17-20-8-10-21(28)11-9-20)26(32)18-31(38(2,34)35)23-12-13-24-25(16-23)37-15-14-36-24/h8-13,16,19,22H,3-7,14-15,17-18H2,1-2H3,(H,29,33). The summed E-state index contributed by atoms with van der Waals surface area (Å²) in [5.74, 6) is 0.207. The van der Waals surface area contributed by atoms with Gasteiger partial charge in [-0.1, -0.05) is 47.3 Å². The Morgan fingerprint density at radius 2 is 1.68 bits per heavy atom. The maximum Gasteiger partial charge on any atom is 0.244 e. The van der Waals surface area contributed by atoms with Gasteiger partial charge in [-0.15, -0.1) is 0 Å². The van der Waals surface area contributed by atoms with Gasteiger partial charge >= 0.3 is 0 Å². The maximum absolute atomic E-state index is 13.7. The first-order chi connectivity index (χ1) is 18.1. The van der Waals surface area contributed by atoms with Crippen LogP contribution in [0.3, 0.4) is 0 Å². The third-order valence-corrected chi connectivity index (χ3v) is 8.55. The van der Waals surface area contributed by atoms with Crippen molar-refractivity contribution in [1.82, 2.24) is 10.2 Å². The van der Waals surface area contributed by atoms with Gasteiger partial charge < -0.3 is 19.7 Å². The van der Waals surface area contributed by atoms with Crippen LogP contribution in [0.25, 0.3) is 0 Å². The lowest BCUT2D eigenvalue weighted by Gasteiger charge is -2.33. The molecule has 0 saturated heterocycles. The van der Waals surface area contributed by atoms with Crippen molar-refractivity contribution in [2.45, 2.75) is 57.7 Å². The zero-order chi connectivity index (χ0) is 27.3. The lowest BCUT2D eigenvalue weighted by Crippen LogP contribution is -2.52. The highest BCUT2D eigenvalue weighted by Crippen LogP contribution is 2.34. The molecule has 38 heavy (non-hydrogen) atoms. The Labute approximate surface area is 232 Å². The number of fused-ring (bicyclic) bond motifs is 1. The SMILES string of the molecule is CC(C(=O)NC1CCCCC1)N(Cc1ccc(Br)cc1)C(=O)CN(c1ccc2c(c1)OCCO2)S(C)(=O)=O. The fraction of sp³-hybridized carbons (Fsp3) is 0.481. The molecular formula is C27H34BrN3O6S. The zero-order valence-corrected chi connectivity index (χ0v) is 24.1. The highest BCUT2D eigenvalue weighted by atomic mass is 79.9. The Kier molecular flexibility index (Phi) is 9.19. The van der Waals surface area contributed by atoms with E-state index in [-0.39, 0.29) is 24.2 Å². The summed E-state index contributed by atoms with van der Waals surface area (Å²) in [6, 6.07) is 11.5. The highest BCUT2D eigenvalue weighted by Gasteiger charge is 2.31. The normalized spacial score (nSPS) is 16.4. The van der Waals surface area contributed by atoms with Gasteiger partial charge in [0, 0.05) is 23.1 Å². The number of carbonyl (C=O) groups is 2. The van der Waals surface area contributed by atoms with Crippen LogP contribution in [-0.4, -0.2) is 63.2 Å². The van der Waals surface area contributed by atoms with Crippen LogP contribution in [0, 0.1) is 0 Å². The second-order valence-corrected chi connectivity index (χ2v) is 12.6. The van der Waals surface area contributed by atoms with Gasteiger partial charge in [0.15, 0.2) is 11.5 Å². The van der Waals surface area contributed by atoms with E-state index in [1.54, 1.807) is 25.1 Å². The Balaban J connectivity index is 1.58. The first kappa shape index (κ1) is 28.2. The number of nitrogens with zero attached hydrogens (tertiary/aromatic N) is 2. The van der Waals surface area contributed by atoms with Gasteiger partial charge in [0.2, 0.25) is 21.8 Å². The molecule has 2 aromatic rings. The number of halogens is 1. The van der Waals surface area contributed by atoms with Crippen LogP contribution in [0.4, 0.5) is 5.69 Å². The Bertz CT molecular complexity index is 1250. The molecule has 1 unspecified atom stereocenters. The summed E-state index contributed by atoms with van der Waals surface area (Å²) >= 11 is 3.42. The molecule has 1 heterocycles. The van der Waals surface area contributed by atoms with Crippen LogP contribution in [0.5, 0.6) is 11.5 Å². The first-order valence-corrected chi connectivity index (χ1v) is 15.5. The van der Waals surface area contributed by atoms with E-state index in [0.717, 1.165) is 52.7 Å². The quantitative estimate of drug-likeness (QED) is 0.464. The van der Waals surface area contributed by atoms with Gasteiger partial charge in [0.05, 0.1) is 11.9 Å². The molecule has 206 valence electrons. The van der Waals surface area contributed by atoms with Crippen molar-refractivity contribution in [3.8, 4) is 11.5 Å². The monoisotopic (exact) mass is 607 g/mol. The molecule has 2 amide bonds. The summed E-state index contributed by atoms with van der Waals surface area (Å²) in [4.78, 5) is 28.4. The fourth-order valence-corrected chi connectivity index (χ4v) is 5.84. The second-order valence-electron chi connectivity index (χ2n) is 9.77. The average Bonchev–Trinajstić information content (AvgIpc) is 2.90. The minimum Gasteiger partial charge on any atom is -0.486 e. The van der Waals surface area contributed by atoms with Gasteiger partial charge in [0.1, 0.15) is 25.8 Å². The van der Waals surface area contributed by atoms with Crippen molar-refractivity contribution in [3.63, 3.8) is 0 Å². The predicted octanol–water partition coefficient (Wildman–Crippen LogP) is 3.85. The van der Waals surface area contributed by atoms with Crippen molar-refractivity contribution in [2.24, 2.45) is 0 Å². The second kappa shape index (κ2) is 12.4. The van der Waals surface area contributed by atoms with Crippen molar-refractivity contribution in [1.29, 1.82) is 0 Å². The number of hydrogen-bond acceptors (Lipinski definition) is 6. The molecule has 9 nitrogen and oxygen atoms in total. The molecule has 4 rings (SSSR count). The van der Waals surface area contributed by atoms with E-state index < -0.39 is 28.5 Å². The van der Waals surface area contributed by atoms with E-state index in [2.05, 4.69) is 21.2 Å². The molecule has 1 fully saturated rings. The van der Waals surface area contributed by atoms with E-state index in [0.29, 0.717) is 24.7 Å². The number of sulfonamides is 1. The van der Waals surface area contributed by atoms with Crippen LogP contribution in [0.2, 0.25) is 0 Å². The van der Waals surface area contributed by atoms with Gasteiger partial charge in [0.25, 0.3) is 0 Å². The van der Waals surface area contributed by atoms with Gasteiger partial charge in [-0.05, 0) is 49.6 Å². The smallest absolute Gasteiger partial charge is 0.244 e. The number of amides is 2. The topological polar surface area (TPSA) is 105 Å². The molecular weight excluding hydrogens is 574 g/mol. The molecule has 1 N–H and O–H groups in total. The lowest BCUT2D eigenvalue weighted by atomic mass is 9.95. The molecule has 11 heteroatoms. The molecule has 1 atom stereocenters. The van der Waals surface area contributed by atoms with Crippen molar-refractivity contribution in [2.75, 3.05) is 30.3 Å². The Hall–Kier alpha value is -2.79. The van der Waals surface area contributed by atoms with Gasteiger partial charge in [-0.25, -0.2) is 8.42 Å². The number of benzene rings is 2. The van der Waals surface area contributed by atoms with Crippen molar-refractivity contribution >= 4 is 43.5 Å². The van der Waals surface area contributed by atoms with Gasteiger partial charge in [-0.3, -0.25) is 13.9 Å². The summed E-state index contributed by atoms with van der Waals surface area (Å²) in [7, 11) is -3.84. The number of ether oxygens (including phenoxy) is 2. The molecule has 1 aliphatic heterocycles. The van der Waals surface area contributed by atoms with Crippen LogP contribution < -0.4 is 19.1 Å².